The van der Waals surface area contributed by atoms with Crippen molar-refractivity contribution in [3.63, 3.8) is 0 Å². The maximum atomic E-state index is 11.7. The number of rotatable bonds is 1. The lowest BCUT2D eigenvalue weighted by Crippen LogP contribution is -2.37. The molecule has 0 N–H and O–H groups in total. The first-order valence-electron chi connectivity index (χ1n) is 5.31. The molecule has 2 fully saturated rings. The topological polar surface area (TPSA) is 34.1 Å². The molecule has 0 amide bonds. The van der Waals surface area contributed by atoms with Gasteiger partial charge in [-0.15, -0.1) is 0 Å². The van der Waals surface area contributed by atoms with Gasteiger partial charge in [0.15, 0.2) is 0 Å². The van der Waals surface area contributed by atoms with Gasteiger partial charge in [0.25, 0.3) is 0 Å². The molecular formula is C11H15IO2. The largest absolute Gasteiger partial charge is 0.299 e. The van der Waals surface area contributed by atoms with Crippen LogP contribution in [0.5, 0.6) is 0 Å². The van der Waals surface area contributed by atoms with E-state index in [2.05, 4.69) is 22.6 Å². The zero-order valence-electron chi connectivity index (χ0n) is 8.22. The van der Waals surface area contributed by atoms with E-state index >= 15 is 0 Å². The molecule has 2 rings (SSSR count). The van der Waals surface area contributed by atoms with Gasteiger partial charge in [-0.2, -0.15) is 0 Å². The molecule has 78 valence electrons. The smallest absolute Gasteiger partial charge is 0.146 e. The summed E-state index contributed by atoms with van der Waals surface area (Å²) in [6.45, 7) is 0. The van der Waals surface area contributed by atoms with Gasteiger partial charge in [0.1, 0.15) is 11.6 Å². The lowest BCUT2D eigenvalue weighted by Gasteiger charge is -2.33. The van der Waals surface area contributed by atoms with E-state index in [4.69, 9.17) is 0 Å². The standard InChI is InChI=1S/C11H15IO2/c12-7-8-3-5-11(6-4-8)9(13)1-2-10(11)14/h8H,1-7H2. The van der Waals surface area contributed by atoms with Gasteiger partial charge in [0, 0.05) is 17.3 Å². The molecule has 14 heavy (non-hydrogen) atoms. The highest BCUT2D eigenvalue weighted by atomic mass is 127. The predicted molar refractivity (Wildman–Crippen MR) is 62.5 cm³/mol. The van der Waals surface area contributed by atoms with Crippen LogP contribution in [0.25, 0.3) is 0 Å². The van der Waals surface area contributed by atoms with Crippen molar-refractivity contribution >= 4 is 34.2 Å². The predicted octanol–water partition coefficient (Wildman–Crippen LogP) is 2.53. The van der Waals surface area contributed by atoms with Gasteiger partial charge in [-0.1, -0.05) is 22.6 Å². The molecule has 0 radical (unpaired) electrons. The molecule has 2 saturated carbocycles. The van der Waals surface area contributed by atoms with E-state index in [1.807, 2.05) is 0 Å². The number of ketones is 2. The Morgan fingerprint density at radius 3 is 2.07 bits per heavy atom. The van der Waals surface area contributed by atoms with E-state index in [0.29, 0.717) is 12.8 Å². The summed E-state index contributed by atoms with van der Waals surface area (Å²) < 4.78 is 1.16. The van der Waals surface area contributed by atoms with Crippen molar-refractivity contribution in [1.82, 2.24) is 0 Å². The fraction of sp³-hybridized carbons (Fsp3) is 0.818. The Morgan fingerprint density at radius 1 is 1.14 bits per heavy atom. The number of carbonyl (C=O) groups is 2. The van der Waals surface area contributed by atoms with Crippen LogP contribution in [-0.4, -0.2) is 16.0 Å². The quantitative estimate of drug-likeness (QED) is 0.424. The van der Waals surface area contributed by atoms with Gasteiger partial charge < -0.3 is 0 Å². The van der Waals surface area contributed by atoms with Crippen LogP contribution in [0.4, 0.5) is 0 Å². The van der Waals surface area contributed by atoms with E-state index in [0.717, 1.165) is 36.0 Å². The average molecular weight is 306 g/mol. The number of carbonyl (C=O) groups excluding carboxylic acids is 2. The van der Waals surface area contributed by atoms with Gasteiger partial charge in [0.2, 0.25) is 0 Å². The minimum absolute atomic E-state index is 0.231. The van der Waals surface area contributed by atoms with E-state index < -0.39 is 5.41 Å². The third kappa shape index (κ3) is 1.53. The Bertz CT molecular complexity index is 246. The first-order chi connectivity index (χ1) is 6.69. The molecule has 0 saturated heterocycles. The van der Waals surface area contributed by atoms with Gasteiger partial charge in [-0.25, -0.2) is 0 Å². The third-order valence-corrected chi connectivity index (χ3v) is 5.07. The van der Waals surface area contributed by atoms with Crippen molar-refractivity contribution in [2.45, 2.75) is 38.5 Å². The Hall–Kier alpha value is 0.0700. The summed E-state index contributed by atoms with van der Waals surface area (Å²) in [5, 5.41) is 0. The molecule has 0 bridgehead atoms. The highest BCUT2D eigenvalue weighted by molar-refractivity contribution is 14.1. The molecule has 2 aliphatic rings. The van der Waals surface area contributed by atoms with Crippen LogP contribution in [0.15, 0.2) is 0 Å². The first kappa shape index (κ1) is 10.6. The summed E-state index contributed by atoms with van der Waals surface area (Å²) in [4.78, 5) is 23.5. The zero-order valence-corrected chi connectivity index (χ0v) is 10.4. The lowest BCUT2D eigenvalue weighted by atomic mass is 9.69. The monoisotopic (exact) mass is 306 g/mol. The molecule has 0 heterocycles. The summed E-state index contributed by atoms with van der Waals surface area (Å²) in [7, 11) is 0. The number of alkyl halides is 1. The molecule has 1 spiro atoms. The first-order valence-corrected chi connectivity index (χ1v) is 6.84. The Balaban J connectivity index is 2.11. The number of Topliss-reactive ketones (excluding diaryl/α,β-unsaturated/α-hetero) is 2. The van der Waals surface area contributed by atoms with Gasteiger partial charge in [-0.3, -0.25) is 9.59 Å². The fourth-order valence-corrected chi connectivity index (χ4v) is 3.62. The number of hydrogen-bond acceptors (Lipinski definition) is 2. The van der Waals surface area contributed by atoms with E-state index in [9.17, 15) is 9.59 Å². The van der Waals surface area contributed by atoms with Crippen molar-refractivity contribution in [2.24, 2.45) is 11.3 Å². The Kier molecular flexibility index (Phi) is 2.96. The van der Waals surface area contributed by atoms with E-state index in [1.165, 1.54) is 0 Å². The van der Waals surface area contributed by atoms with Gasteiger partial charge >= 0.3 is 0 Å². The molecule has 0 unspecified atom stereocenters. The SMILES string of the molecule is O=C1CCC(=O)C12CCC(CI)CC2. The summed E-state index contributed by atoms with van der Waals surface area (Å²) in [5.74, 6) is 1.20. The molecule has 0 atom stereocenters. The lowest BCUT2D eigenvalue weighted by molar-refractivity contribution is -0.137. The van der Waals surface area contributed by atoms with Crippen LogP contribution in [0, 0.1) is 11.3 Å². The Labute approximate surface area is 98.0 Å². The van der Waals surface area contributed by atoms with Crippen LogP contribution in [0.2, 0.25) is 0 Å². The third-order valence-electron chi connectivity index (χ3n) is 3.82. The maximum absolute atomic E-state index is 11.7. The van der Waals surface area contributed by atoms with E-state index in [1.54, 1.807) is 0 Å². The number of halogens is 1. The Morgan fingerprint density at radius 2 is 1.64 bits per heavy atom. The summed E-state index contributed by atoms with van der Waals surface area (Å²) in [5.41, 5.74) is -0.512. The molecule has 0 aromatic rings. The van der Waals surface area contributed by atoms with Gasteiger partial charge in [-0.05, 0) is 31.6 Å². The minimum Gasteiger partial charge on any atom is -0.299 e. The van der Waals surface area contributed by atoms with Crippen LogP contribution in [-0.2, 0) is 9.59 Å². The zero-order chi connectivity index (χ0) is 10.2. The van der Waals surface area contributed by atoms with Crippen LogP contribution in [0.3, 0.4) is 0 Å². The molecular weight excluding hydrogens is 291 g/mol. The van der Waals surface area contributed by atoms with Crippen LogP contribution in [0.1, 0.15) is 38.5 Å². The summed E-state index contributed by atoms with van der Waals surface area (Å²) in [6, 6.07) is 0. The second kappa shape index (κ2) is 3.91. The normalized spacial score (nSPS) is 27.5. The van der Waals surface area contributed by atoms with Crippen LogP contribution < -0.4 is 0 Å². The average Bonchev–Trinajstić information content (AvgIpc) is 2.49. The second-order valence-corrected chi connectivity index (χ2v) is 5.41. The molecule has 0 aromatic carbocycles. The second-order valence-electron chi connectivity index (χ2n) is 4.53. The summed E-state index contributed by atoms with van der Waals surface area (Å²) >= 11 is 2.40. The van der Waals surface area contributed by atoms with Crippen molar-refractivity contribution in [1.29, 1.82) is 0 Å². The van der Waals surface area contributed by atoms with Crippen molar-refractivity contribution in [2.75, 3.05) is 4.43 Å². The molecule has 2 nitrogen and oxygen atoms in total. The van der Waals surface area contributed by atoms with Crippen LogP contribution >= 0.6 is 22.6 Å². The van der Waals surface area contributed by atoms with E-state index in [-0.39, 0.29) is 11.6 Å². The fourth-order valence-electron chi connectivity index (χ4n) is 2.74. The van der Waals surface area contributed by atoms with Crippen molar-refractivity contribution < 1.29 is 9.59 Å². The highest BCUT2D eigenvalue weighted by Crippen LogP contribution is 2.46. The maximum Gasteiger partial charge on any atom is 0.146 e. The highest BCUT2D eigenvalue weighted by Gasteiger charge is 2.50. The number of hydrogen-bond donors (Lipinski definition) is 0. The molecule has 3 heteroatoms. The van der Waals surface area contributed by atoms with Crippen molar-refractivity contribution in [3.8, 4) is 0 Å². The molecule has 0 aliphatic heterocycles. The summed E-state index contributed by atoms with van der Waals surface area (Å²) in [6.07, 6.45) is 4.82. The van der Waals surface area contributed by atoms with Gasteiger partial charge in [0.05, 0.1) is 5.41 Å². The molecule has 2 aliphatic carbocycles. The van der Waals surface area contributed by atoms with Crippen molar-refractivity contribution in [3.05, 3.63) is 0 Å². The minimum atomic E-state index is -0.512. The molecule has 0 aromatic heterocycles.